The van der Waals surface area contributed by atoms with Gasteiger partial charge in [-0.15, -0.1) is 6.42 Å². The van der Waals surface area contributed by atoms with Gasteiger partial charge in [0.05, 0.1) is 13.3 Å². The first-order valence-corrected chi connectivity index (χ1v) is 4.84. The van der Waals surface area contributed by atoms with Gasteiger partial charge in [0.1, 0.15) is 5.75 Å². The molecule has 0 saturated carbocycles. The number of rotatable bonds is 4. The summed E-state index contributed by atoms with van der Waals surface area (Å²) < 4.78 is 17.8. The second kappa shape index (κ2) is 5.41. The summed E-state index contributed by atoms with van der Waals surface area (Å²) in [6, 6.07) is 5.37. The lowest BCUT2D eigenvalue weighted by molar-refractivity contribution is 0.340. The maximum Gasteiger partial charge on any atom is 0.120 e. The molecule has 2 heteroatoms. The Morgan fingerprint density at radius 2 is 2.20 bits per heavy atom. The minimum absolute atomic E-state index is 0.473. The predicted octanol–water partition coefficient (Wildman–Crippen LogP) is 2.98. The van der Waals surface area contributed by atoms with E-state index >= 15 is 0 Å². The zero-order valence-corrected chi connectivity index (χ0v) is 9.01. The van der Waals surface area contributed by atoms with Crippen LogP contribution in [0.3, 0.4) is 0 Å². The van der Waals surface area contributed by atoms with Crippen LogP contribution in [0, 0.1) is 18.3 Å². The smallest absolute Gasteiger partial charge is 0.120 e. The summed E-state index contributed by atoms with van der Waals surface area (Å²) in [6.45, 7) is 3.74. The van der Waals surface area contributed by atoms with Crippen LogP contribution in [0.15, 0.2) is 18.2 Å². The number of alkyl halides is 1. The minimum Gasteiger partial charge on any atom is -0.494 e. The van der Waals surface area contributed by atoms with Crippen molar-refractivity contribution in [3.05, 3.63) is 35.2 Å². The minimum atomic E-state index is -0.473. The van der Waals surface area contributed by atoms with Gasteiger partial charge in [-0.1, -0.05) is 12.8 Å². The fourth-order valence-corrected chi connectivity index (χ4v) is 1.26. The molecule has 0 aliphatic heterocycles. The molecule has 0 amide bonds. The van der Waals surface area contributed by atoms with E-state index in [1.165, 1.54) is 0 Å². The van der Waals surface area contributed by atoms with E-state index in [0.717, 1.165) is 5.56 Å². The Morgan fingerprint density at radius 3 is 2.73 bits per heavy atom. The average molecular weight is 205 g/mol. The van der Waals surface area contributed by atoms with Crippen LogP contribution in [0.5, 0.6) is 5.75 Å². The van der Waals surface area contributed by atoms with Crippen molar-refractivity contribution in [1.82, 2.24) is 0 Å². The molecule has 0 aromatic heterocycles. The third kappa shape index (κ3) is 2.99. The first-order chi connectivity index (χ1) is 7.21. The number of halogens is 1. The van der Waals surface area contributed by atoms with Crippen LogP contribution in [0.1, 0.15) is 25.0 Å². The highest BCUT2D eigenvalue weighted by atomic mass is 19.1. The monoisotopic (exact) mass is 205 g/mol. The van der Waals surface area contributed by atoms with Crippen LogP contribution in [0.4, 0.5) is 4.39 Å². The van der Waals surface area contributed by atoms with E-state index in [9.17, 15) is 4.39 Å². The third-order valence-corrected chi connectivity index (χ3v) is 2.08. The number of terminal acetylenes is 1. The summed E-state index contributed by atoms with van der Waals surface area (Å²) in [7, 11) is 0. The summed E-state index contributed by atoms with van der Waals surface area (Å²) >= 11 is 0. The molecule has 0 aliphatic carbocycles. The molecule has 1 nitrogen and oxygen atoms in total. The zero-order valence-electron chi connectivity index (χ0n) is 9.01. The van der Waals surface area contributed by atoms with Gasteiger partial charge in [0, 0.05) is 11.5 Å². The maximum absolute atomic E-state index is 12.5. The molecule has 79 valence electrons. The fourth-order valence-electron chi connectivity index (χ4n) is 1.26. The summed E-state index contributed by atoms with van der Waals surface area (Å²) in [6.07, 6.45) is 5.32. The van der Waals surface area contributed by atoms with Gasteiger partial charge in [-0.2, -0.15) is 0 Å². The molecule has 0 N–H and O–H groups in total. The van der Waals surface area contributed by atoms with E-state index in [4.69, 9.17) is 11.2 Å². The molecule has 0 unspecified atom stereocenters. The first kappa shape index (κ1) is 11.6. The van der Waals surface area contributed by atoms with Crippen molar-refractivity contribution in [2.75, 3.05) is 13.3 Å². The van der Waals surface area contributed by atoms with Gasteiger partial charge in [0.2, 0.25) is 0 Å². The molecule has 0 spiro atoms. The van der Waals surface area contributed by atoms with Crippen molar-refractivity contribution >= 4 is 0 Å². The summed E-state index contributed by atoms with van der Waals surface area (Å²) in [5.74, 6) is 3.88. The highest BCUT2D eigenvalue weighted by molar-refractivity contribution is 5.46. The van der Waals surface area contributed by atoms with Gasteiger partial charge in [-0.05, 0) is 30.7 Å². The highest BCUT2D eigenvalue weighted by Gasteiger charge is 2.08. The second-order valence-electron chi connectivity index (χ2n) is 3.24. The molecule has 1 aromatic carbocycles. The number of benzene rings is 1. The van der Waals surface area contributed by atoms with Gasteiger partial charge in [-0.25, -0.2) is 0 Å². The molecule has 0 atom stereocenters. The lowest BCUT2D eigenvalue weighted by atomic mass is 10.00. The standard InChI is InChI=1S/C13H14FO/c1-4-11-6-12(10(3)9-14)8-13(7-11)15-5-2/h1,6-8H,5,9H2,2-3H3. The highest BCUT2D eigenvalue weighted by Crippen LogP contribution is 2.22. The Bertz CT molecular complexity index is 365. The molecule has 0 aliphatic rings. The van der Waals surface area contributed by atoms with Crippen LogP contribution >= 0.6 is 0 Å². The van der Waals surface area contributed by atoms with Crippen LogP contribution in [-0.4, -0.2) is 13.3 Å². The van der Waals surface area contributed by atoms with Crippen LogP contribution in [0.25, 0.3) is 0 Å². The molecular formula is C13H14FO. The van der Waals surface area contributed by atoms with E-state index in [-0.39, 0.29) is 0 Å². The number of hydrogen-bond acceptors (Lipinski definition) is 1. The largest absolute Gasteiger partial charge is 0.494 e. The Hall–Kier alpha value is -1.49. The van der Waals surface area contributed by atoms with E-state index in [1.807, 2.05) is 6.92 Å². The van der Waals surface area contributed by atoms with Crippen molar-refractivity contribution in [2.24, 2.45) is 0 Å². The topological polar surface area (TPSA) is 9.23 Å². The van der Waals surface area contributed by atoms with Crippen LogP contribution < -0.4 is 4.74 Å². The lowest BCUT2D eigenvalue weighted by Gasteiger charge is -2.10. The molecule has 15 heavy (non-hydrogen) atoms. The van der Waals surface area contributed by atoms with Crippen molar-refractivity contribution in [1.29, 1.82) is 0 Å². The van der Waals surface area contributed by atoms with Gasteiger partial charge >= 0.3 is 0 Å². The predicted molar refractivity (Wildman–Crippen MR) is 59.5 cm³/mol. The van der Waals surface area contributed by atoms with E-state index in [0.29, 0.717) is 23.8 Å². The van der Waals surface area contributed by atoms with Gasteiger partial charge < -0.3 is 4.74 Å². The quantitative estimate of drug-likeness (QED) is 0.687. The second-order valence-corrected chi connectivity index (χ2v) is 3.24. The van der Waals surface area contributed by atoms with E-state index in [1.54, 1.807) is 25.1 Å². The molecule has 1 aromatic rings. The Labute approximate surface area is 90.3 Å². The van der Waals surface area contributed by atoms with Crippen LogP contribution in [0.2, 0.25) is 0 Å². The molecule has 0 fully saturated rings. The molecule has 1 radical (unpaired) electrons. The summed E-state index contributed by atoms with van der Waals surface area (Å²) in [5, 5.41) is 0. The maximum atomic E-state index is 12.5. The molecule has 1 rings (SSSR count). The molecule has 0 saturated heterocycles. The third-order valence-electron chi connectivity index (χ3n) is 2.08. The Morgan fingerprint density at radius 1 is 1.47 bits per heavy atom. The zero-order chi connectivity index (χ0) is 11.3. The SMILES string of the molecule is C#Cc1cc(OCC)cc([C](C)CF)c1. The molecular weight excluding hydrogens is 191 g/mol. The summed E-state index contributed by atoms with van der Waals surface area (Å²) in [5.41, 5.74) is 1.51. The van der Waals surface area contributed by atoms with Gasteiger partial charge in [-0.3, -0.25) is 4.39 Å². The lowest BCUT2D eigenvalue weighted by Crippen LogP contribution is -1.99. The first-order valence-electron chi connectivity index (χ1n) is 4.84. The van der Waals surface area contributed by atoms with Gasteiger partial charge in [0.15, 0.2) is 0 Å². The number of ether oxygens (including phenoxy) is 1. The Kier molecular flexibility index (Phi) is 4.17. The van der Waals surface area contributed by atoms with E-state index < -0.39 is 6.67 Å². The van der Waals surface area contributed by atoms with Gasteiger partial charge in [0.25, 0.3) is 0 Å². The average Bonchev–Trinajstić information content (AvgIpc) is 2.28. The van der Waals surface area contributed by atoms with Crippen molar-refractivity contribution in [2.45, 2.75) is 13.8 Å². The summed E-state index contributed by atoms with van der Waals surface area (Å²) in [4.78, 5) is 0. The molecule has 0 heterocycles. The Balaban J connectivity index is 3.06. The van der Waals surface area contributed by atoms with Crippen molar-refractivity contribution in [3.63, 3.8) is 0 Å². The fraction of sp³-hybridized carbons (Fsp3) is 0.308. The number of hydrogen-bond donors (Lipinski definition) is 0. The van der Waals surface area contributed by atoms with E-state index in [2.05, 4.69) is 5.92 Å². The van der Waals surface area contributed by atoms with Crippen molar-refractivity contribution < 1.29 is 9.13 Å². The van der Waals surface area contributed by atoms with Crippen molar-refractivity contribution in [3.8, 4) is 18.1 Å². The molecule has 0 bridgehead atoms. The van der Waals surface area contributed by atoms with Crippen LogP contribution in [-0.2, 0) is 0 Å². The normalized spacial score (nSPS) is 10.1.